The molecule has 1 unspecified atom stereocenters. The third-order valence-electron chi connectivity index (χ3n) is 4.75. The molecule has 0 saturated carbocycles. The number of hydrogen-bond donors (Lipinski definition) is 0. The van der Waals surface area contributed by atoms with Crippen LogP contribution in [0.2, 0.25) is 0 Å². The minimum absolute atomic E-state index is 0.133. The predicted molar refractivity (Wildman–Crippen MR) is 106 cm³/mol. The van der Waals surface area contributed by atoms with Crippen LogP contribution in [-0.4, -0.2) is 47.7 Å². The SMILES string of the molecule is COC(=O)c1ccnc(-c2ccc(F)c(C3CCN(C(=O)OC(C)(C)C)C3)c2)c1. The van der Waals surface area contributed by atoms with E-state index in [2.05, 4.69) is 4.98 Å². The second kappa shape index (κ2) is 8.19. The van der Waals surface area contributed by atoms with Gasteiger partial charge in [-0.2, -0.15) is 0 Å². The van der Waals surface area contributed by atoms with Crippen LogP contribution in [-0.2, 0) is 9.47 Å². The normalized spacial score (nSPS) is 16.6. The van der Waals surface area contributed by atoms with Gasteiger partial charge in [0.2, 0.25) is 0 Å². The first kappa shape index (κ1) is 20.8. The highest BCUT2D eigenvalue weighted by Crippen LogP contribution is 2.32. The average Bonchev–Trinajstić information content (AvgIpc) is 3.16. The highest BCUT2D eigenvalue weighted by Gasteiger charge is 2.32. The molecule has 1 amide bonds. The fourth-order valence-electron chi connectivity index (χ4n) is 3.36. The summed E-state index contributed by atoms with van der Waals surface area (Å²) in [7, 11) is 1.31. The lowest BCUT2D eigenvalue weighted by Gasteiger charge is -2.24. The Bertz CT molecular complexity index is 923. The molecule has 0 radical (unpaired) electrons. The first-order valence-corrected chi connectivity index (χ1v) is 9.50. The first-order chi connectivity index (χ1) is 13.7. The number of hydrogen-bond acceptors (Lipinski definition) is 5. The molecule has 0 bridgehead atoms. The number of likely N-dealkylation sites (tertiary alicyclic amines) is 1. The summed E-state index contributed by atoms with van der Waals surface area (Å²) in [5.41, 5.74) is 1.58. The van der Waals surface area contributed by atoms with Crippen LogP contribution in [0.1, 0.15) is 49.0 Å². The summed E-state index contributed by atoms with van der Waals surface area (Å²) < 4.78 is 24.7. The van der Waals surface area contributed by atoms with Crippen LogP contribution >= 0.6 is 0 Å². The van der Waals surface area contributed by atoms with Gasteiger partial charge < -0.3 is 14.4 Å². The number of rotatable bonds is 3. The lowest BCUT2D eigenvalue weighted by molar-refractivity contribution is 0.0292. The molecule has 1 aromatic carbocycles. The second-order valence-corrected chi connectivity index (χ2v) is 8.07. The van der Waals surface area contributed by atoms with E-state index in [-0.39, 0.29) is 17.8 Å². The van der Waals surface area contributed by atoms with Gasteiger partial charge >= 0.3 is 12.1 Å². The Morgan fingerprint density at radius 1 is 1.21 bits per heavy atom. The Balaban J connectivity index is 1.82. The topological polar surface area (TPSA) is 68.7 Å². The van der Waals surface area contributed by atoms with Gasteiger partial charge in [-0.15, -0.1) is 0 Å². The highest BCUT2D eigenvalue weighted by atomic mass is 19.1. The van der Waals surface area contributed by atoms with E-state index in [1.54, 1.807) is 29.2 Å². The Labute approximate surface area is 169 Å². The van der Waals surface area contributed by atoms with Crippen molar-refractivity contribution in [1.82, 2.24) is 9.88 Å². The molecule has 1 aromatic heterocycles. The number of esters is 1. The van der Waals surface area contributed by atoms with Crippen LogP contribution in [0, 0.1) is 5.82 Å². The van der Waals surface area contributed by atoms with Gasteiger partial charge in [0.05, 0.1) is 18.4 Å². The summed E-state index contributed by atoms with van der Waals surface area (Å²) in [6, 6.07) is 7.94. The van der Waals surface area contributed by atoms with Gasteiger partial charge in [-0.3, -0.25) is 4.98 Å². The van der Waals surface area contributed by atoms with Gasteiger partial charge in [0.25, 0.3) is 0 Å². The monoisotopic (exact) mass is 400 g/mol. The Morgan fingerprint density at radius 2 is 1.97 bits per heavy atom. The van der Waals surface area contributed by atoms with Crippen LogP contribution in [0.25, 0.3) is 11.3 Å². The lowest BCUT2D eigenvalue weighted by Crippen LogP contribution is -2.35. The van der Waals surface area contributed by atoms with Crippen LogP contribution in [0.15, 0.2) is 36.5 Å². The first-order valence-electron chi connectivity index (χ1n) is 9.50. The predicted octanol–water partition coefficient (Wildman–Crippen LogP) is 4.40. The number of nitrogens with zero attached hydrogens (tertiary/aromatic N) is 2. The summed E-state index contributed by atoms with van der Waals surface area (Å²) in [5, 5.41) is 0. The van der Waals surface area contributed by atoms with Crippen molar-refractivity contribution >= 4 is 12.1 Å². The fraction of sp³-hybridized carbons (Fsp3) is 0.409. The second-order valence-electron chi connectivity index (χ2n) is 8.07. The van der Waals surface area contributed by atoms with Gasteiger partial charge in [-0.05, 0) is 63.1 Å². The standard InChI is InChI=1S/C22H25FN2O4/c1-22(2,3)29-21(27)25-10-8-16(13-25)17-11-14(5-6-18(17)23)19-12-15(7-9-24-19)20(26)28-4/h5-7,9,11-12,16H,8,10,13H2,1-4H3. The Kier molecular flexibility index (Phi) is 5.86. The number of ether oxygens (including phenoxy) is 2. The molecule has 0 N–H and O–H groups in total. The third-order valence-corrected chi connectivity index (χ3v) is 4.75. The number of amides is 1. The molecule has 1 saturated heterocycles. The lowest BCUT2D eigenvalue weighted by atomic mass is 9.95. The summed E-state index contributed by atoms with van der Waals surface area (Å²) in [6.45, 7) is 6.36. The van der Waals surface area contributed by atoms with Gasteiger partial charge in [0, 0.05) is 30.8 Å². The molecule has 6 nitrogen and oxygen atoms in total. The number of pyridine rings is 1. The van der Waals surface area contributed by atoms with Crippen LogP contribution in [0.4, 0.5) is 9.18 Å². The Hall–Kier alpha value is -2.96. The van der Waals surface area contributed by atoms with Crippen LogP contribution in [0.5, 0.6) is 0 Å². The molecule has 154 valence electrons. The molecule has 7 heteroatoms. The number of methoxy groups -OCH3 is 1. The molecule has 1 fully saturated rings. The molecule has 2 aromatic rings. The van der Waals surface area contributed by atoms with E-state index in [0.29, 0.717) is 41.9 Å². The number of benzene rings is 1. The third kappa shape index (κ3) is 4.91. The van der Waals surface area contributed by atoms with E-state index < -0.39 is 11.6 Å². The molecular formula is C22H25FN2O4. The quantitative estimate of drug-likeness (QED) is 0.715. The minimum Gasteiger partial charge on any atom is -0.465 e. The zero-order valence-electron chi connectivity index (χ0n) is 17.1. The fourth-order valence-corrected chi connectivity index (χ4v) is 3.36. The van der Waals surface area contributed by atoms with Gasteiger partial charge in [-0.1, -0.05) is 0 Å². The maximum absolute atomic E-state index is 14.6. The van der Waals surface area contributed by atoms with Crippen molar-refractivity contribution < 1.29 is 23.5 Å². The van der Waals surface area contributed by atoms with E-state index in [1.165, 1.54) is 19.4 Å². The Morgan fingerprint density at radius 3 is 2.66 bits per heavy atom. The van der Waals surface area contributed by atoms with E-state index >= 15 is 0 Å². The number of aromatic nitrogens is 1. The van der Waals surface area contributed by atoms with Crippen molar-refractivity contribution in [2.24, 2.45) is 0 Å². The van der Waals surface area contributed by atoms with Crippen molar-refractivity contribution in [3.05, 3.63) is 53.5 Å². The summed E-state index contributed by atoms with van der Waals surface area (Å²) in [4.78, 5) is 30.0. The van der Waals surface area contributed by atoms with E-state index in [1.807, 2.05) is 20.8 Å². The molecule has 0 spiro atoms. The molecule has 3 rings (SSSR count). The molecule has 2 heterocycles. The van der Waals surface area contributed by atoms with E-state index in [4.69, 9.17) is 9.47 Å². The summed E-state index contributed by atoms with van der Waals surface area (Å²) in [6.07, 6.45) is 1.78. The van der Waals surface area contributed by atoms with Gasteiger partial charge in [-0.25, -0.2) is 14.0 Å². The van der Waals surface area contributed by atoms with Crippen LogP contribution in [0.3, 0.4) is 0 Å². The van der Waals surface area contributed by atoms with Crippen molar-refractivity contribution in [2.75, 3.05) is 20.2 Å². The largest absolute Gasteiger partial charge is 0.465 e. The highest BCUT2D eigenvalue weighted by molar-refractivity contribution is 5.90. The van der Waals surface area contributed by atoms with Crippen molar-refractivity contribution in [3.63, 3.8) is 0 Å². The number of carbonyl (C=O) groups is 2. The van der Waals surface area contributed by atoms with E-state index in [0.717, 1.165) is 0 Å². The van der Waals surface area contributed by atoms with Crippen molar-refractivity contribution in [1.29, 1.82) is 0 Å². The van der Waals surface area contributed by atoms with Crippen LogP contribution < -0.4 is 0 Å². The maximum Gasteiger partial charge on any atom is 0.410 e. The minimum atomic E-state index is -0.573. The number of carbonyl (C=O) groups excluding carboxylic acids is 2. The molecule has 1 atom stereocenters. The molecule has 0 aliphatic carbocycles. The van der Waals surface area contributed by atoms with Crippen molar-refractivity contribution in [2.45, 2.75) is 38.7 Å². The summed E-state index contributed by atoms with van der Waals surface area (Å²) in [5.74, 6) is -0.917. The molecule has 1 aliphatic heterocycles. The van der Waals surface area contributed by atoms with E-state index in [9.17, 15) is 14.0 Å². The number of halogens is 1. The molecule has 1 aliphatic rings. The molecule has 29 heavy (non-hydrogen) atoms. The zero-order chi connectivity index (χ0) is 21.2. The smallest absolute Gasteiger partial charge is 0.410 e. The van der Waals surface area contributed by atoms with Crippen molar-refractivity contribution in [3.8, 4) is 11.3 Å². The maximum atomic E-state index is 14.6. The molecular weight excluding hydrogens is 375 g/mol. The zero-order valence-corrected chi connectivity index (χ0v) is 17.1. The summed E-state index contributed by atoms with van der Waals surface area (Å²) >= 11 is 0. The average molecular weight is 400 g/mol. The van der Waals surface area contributed by atoms with Gasteiger partial charge in [0.1, 0.15) is 11.4 Å². The van der Waals surface area contributed by atoms with Gasteiger partial charge in [0.15, 0.2) is 0 Å².